The van der Waals surface area contributed by atoms with Crippen LogP contribution in [0, 0.1) is 10.8 Å². The molecule has 1 heteroatoms. The summed E-state index contributed by atoms with van der Waals surface area (Å²) in [5.41, 5.74) is 0.866. The van der Waals surface area contributed by atoms with E-state index in [2.05, 4.69) is 60.2 Å². The van der Waals surface area contributed by atoms with Gasteiger partial charge in [0.1, 0.15) is 0 Å². The second-order valence-corrected chi connectivity index (χ2v) is 7.58. The molecule has 1 heterocycles. The molecular weight excluding hydrogens is 164 g/mol. The lowest BCUT2D eigenvalue weighted by molar-refractivity contribution is 0.0980. The normalized spacial score (nSPS) is 36.8. The fraction of sp³-hybridized carbons (Fsp3) is 1.00. The van der Waals surface area contributed by atoms with Crippen LogP contribution in [0.1, 0.15) is 48.5 Å². The molecule has 0 aromatic carbocycles. The highest BCUT2D eigenvalue weighted by Crippen LogP contribution is 2.64. The maximum absolute atomic E-state index is 2.41. The summed E-state index contributed by atoms with van der Waals surface area (Å²) < 4.78 is 0.413. The molecule has 0 bridgehead atoms. The maximum atomic E-state index is 2.41. The first-order valence-electron chi connectivity index (χ1n) is 4.81. The van der Waals surface area contributed by atoms with Crippen molar-refractivity contribution in [3.8, 4) is 0 Å². The van der Waals surface area contributed by atoms with E-state index in [1.807, 2.05) is 0 Å². The Morgan fingerprint density at radius 3 is 1.42 bits per heavy atom. The van der Waals surface area contributed by atoms with Crippen LogP contribution in [0.25, 0.3) is 0 Å². The van der Waals surface area contributed by atoms with Gasteiger partial charge in [0.2, 0.25) is 0 Å². The predicted molar refractivity (Wildman–Crippen MR) is 58.7 cm³/mol. The monoisotopic (exact) mass is 186 g/mol. The third kappa shape index (κ3) is 1.05. The zero-order valence-electron chi connectivity index (χ0n) is 9.49. The Kier molecular flexibility index (Phi) is 2.12. The molecule has 0 aromatic rings. The van der Waals surface area contributed by atoms with Crippen molar-refractivity contribution in [2.24, 2.45) is 10.8 Å². The van der Waals surface area contributed by atoms with Gasteiger partial charge >= 0.3 is 0 Å². The molecule has 72 valence electrons. The Hall–Kier alpha value is 0.350. The first kappa shape index (κ1) is 10.4. The van der Waals surface area contributed by atoms with Crippen molar-refractivity contribution < 1.29 is 0 Å². The molecule has 0 aliphatic carbocycles. The second-order valence-electron chi connectivity index (χ2n) is 5.62. The summed E-state index contributed by atoms with van der Waals surface area (Å²) in [5.74, 6) is 0. The van der Waals surface area contributed by atoms with Gasteiger partial charge in [-0.05, 0) is 10.8 Å². The lowest BCUT2D eigenvalue weighted by atomic mass is 9.61. The topological polar surface area (TPSA) is 0 Å². The quantitative estimate of drug-likeness (QED) is 0.552. The first-order valence-corrected chi connectivity index (χ1v) is 5.69. The van der Waals surface area contributed by atoms with Crippen molar-refractivity contribution >= 4 is 11.8 Å². The van der Waals surface area contributed by atoms with Crippen LogP contribution in [0.2, 0.25) is 0 Å². The van der Waals surface area contributed by atoms with Crippen LogP contribution >= 0.6 is 11.8 Å². The molecule has 1 aliphatic heterocycles. The lowest BCUT2D eigenvalue weighted by Gasteiger charge is -2.43. The van der Waals surface area contributed by atoms with Crippen LogP contribution < -0.4 is 0 Å². The minimum absolute atomic E-state index is 0.413. The summed E-state index contributed by atoms with van der Waals surface area (Å²) >= 11 is 2.14. The summed E-state index contributed by atoms with van der Waals surface area (Å²) in [5, 5.41) is 0.766. The molecule has 0 nitrogen and oxygen atoms in total. The number of thioether (sulfide) groups is 1. The van der Waals surface area contributed by atoms with Gasteiger partial charge in [0, 0.05) is 10.00 Å². The standard InChI is InChI=1S/C11H22S/c1-8-9(2,3)10(4,5)11(6,7)12-8/h8H,1-7H3. The van der Waals surface area contributed by atoms with Crippen molar-refractivity contribution in [2.45, 2.75) is 58.5 Å². The Labute approximate surface area is 81.5 Å². The molecular formula is C11H22S. The summed E-state index contributed by atoms with van der Waals surface area (Å²) in [4.78, 5) is 0. The average Bonchev–Trinajstić information content (AvgIpc) is 1.92. The van der Waals surface area contributed by atoms with E-state index >= 15 is 0 Å². The number of hydrogen-bond acceptors (Lipinski definition) is 1. The molecule has 1 fully saturated rings. The van der Waals surface area contributed by atoms with Gasteiger partial charge < -0.3 is 0 Å². The van der Waals surface area contributed by atoms with Crippen LogP contribution in [0.5, 0.6) is 0 Å². The van der Waals surface area contributed by atoms with Crippen molar-refractivity contribution in [2.75, 3.05) is 0 Å². The van der Waals surface area contributed by atoms with Gasteiger partial charge in [-0.15, -0.1) is 0 Å². The minimum atomic E-state index is 0.413. The van der Waals surface area contributed by atoms with Crippen molar-refractivity contribution in [3.63, 3.8) is 0 Å². The van der Waals surface area contributed by atoms with Gasteiger partial charge in [-0.2, -0.15) is 11.8 Å². The minimum Gasteiger partial charge on any atom is -0.151 e. The van der Waals surface area contributed by atoms with Gasteiger partial charge in [0.05, 0.1) is 0 Å². The fourth-order valence-electron chi connectivity index (χ4n) is 2.02. The van der Waals surface area contributed by atoms with Gasteiger partial charge in [-0.1, -0.05) is 48.5 Å². The van der Waals surface area contributed by atoms with Crippen LogP contribution in [0.15, 0.2) is 0 Å². The Balaban J connectivity index is 3.10. The Bertz CT molecular complexity index is 189. The van der Waals surface area contributed by atoms with E-state index in [-0.39, 0.29) is 0 Å². The van der Waals surface area contributed by atoms with Crippen molar-refractivity contribution in [3.05, 3.63) is 0 Å². The molecule has 0 saturated carbocycles. The summed E-state index contributed by atoms with van der Waals surface area (Å²) in [6.07, 6.45) is 0. The van der Waals surface area contributed by atoms with Crippen molar-refractivity contribution in [1.82, 2.24) is 0 Å². The van der Waals surface area contributed by atoms with Crippen LogP contribution in [-0.2, 0) is 0 Å². The van der Waals surface area contributed by atoms with E-state index in [1.54, 1.807) is 0 Å². The highest BCUT2D eigenvalue weighted by atomic mass is 32.2. The van der Waals surface area contributed by atoms with Crippen LogP contribution in [-0.4, -0.2) is 10.00 Å². The molecule has 0 aromatic heterocycles. The van der Waals surface area contributed by atoms with Crippen molar-refractivity contribution in [1.29, 1.82) is 0 Å². The number of rotatable bonds is 0. The highest BCUT2D eigenvalue weighted by molar-refractivity contribution is 8.01. The average molecular weight is 186 g/mol. The van der Waals surface area contributed by atoms with Gasteiger partial charge in [-0.3, -0.25) is 0 Å². The third-order valence-electron chi connectivity index (χ3n) is 4.60. The lowest BCUT2D eigenvalue weighted by Crippen LogP contribution is -2.42. The van der Waals surface area contributed by atoms with E-state index in [4.69, 9.17) is 0 Å². The predicted octanol–water partition coefficient (Wildman–Crippen LogP) is 3.95. The molecule has 1 atom stereocenters. The van der Waals surface area contributed by atoms with E-state index in [0.29, 0.717) is 15.6 Å². The van der Waals surface area contributed by atoms with E-state index < -0.39 is 0 Å². The van der Waals surface area contributed by atoms with Crippen LogP contribution in [0.4, 0.5) is 0 Å². The Morgan fingerprint density at radius 1 is 0.917 bits per heavy atom. The summed E-state index contributed by atoms with van der Waals surface area (Å²) in [7, 11) is 0. The first-order chi connectivity index (χ1) is 5.13. The molecule has 0 spiro atoms. The largest absolute Gasteiger partial charge is 0.151 e. The fourth-order valence-corrected chi connectivity index (χ4v) is 4.05. The molecule has 0 radical (unpaired) electrons. The molecule has 0 N–H and O–H groups in total. The van der Waals surface area contributed by atoms with E-state index in [1.165, 1.54) is 0 Å². The molecule has 1 unspecified atom stereocenters. The third-order valence-corrected chi connectivity index (χ3v) is 6.65. The molecule has 1 aliphatic rings. The van der Waals surface area contributed by atoms with E-state index in [0.717, 1.165) is 5.25 Å². The second kappa shape index (κ2) is 2.43. The van der Waals surface area contributed by atoms with Crippen LogP contribution in [0.3, 0.4) is 0 Å². The Morgan fingerprint density at radius 2 is 1.33 bits per heavy atom. The zero-order chi connectivity index (χ0) is 9.78. The van der Waals surface area contributed by atoms with Gasteiger partial charge in [0.25, 0.3) is 0 Å². The highest BCUT2D eigenvalue weighted by Gasteiger charge is 2.57. The van der Waals surface area contributed by atoms with E-state index in [9.17, 15) is 0 Å². The molecule has 1 saturated heterocycles. The van der Waals surface area contributed by atoms with Gasteiger partial charge in [-0.25, -0.2) is 0 Å². The number of hydrogen-bond donors (Lipinski definition) is 0. The molecule has 1 rings (SSSR count). The van der Waals surface area contributed by atoms with Gasteiger partial charge in [0.15, 0.2) is 0 Å². The molecule has 0 amide bonds. The smallest absolute Gasteiger partial charge is 0.0163 e. The molecule has 12 heavy (non-hydrogen) atoms. The maximum Gasteiger partial charge on any atom is 0.0163 e. The summed E-state index contributed by atoms with van der Waals surface area (Å²) in [6.45, 7) is 16.7. The zero-order valence-corrected chi connectivity index (χ0v) is 10.3. The SMILES string of the molecule is CC1SC(C)(C)C(C)(C)C1(C)C. The summed E-state index contributed by atoms with van der Waals surface area (Å²) in [6, 6.07) is 0.